The zero-order valence-corrected chi connectivity index (χ0v) is 13.7. The SMILES string of the molecule is Cc1cc(C2CCCN(c3cnn(C)c(=O)c3Br)C2)n[nH]1. The molecule has 0 bridgehead atoms. The van der Waals surface area contributed by atoms with Crippen LogP contribution in [0.15, 0.2) is 21.5 Å². The molecule has 3 rings (SSSR count). The van der Waals surface area contributed by atoms with Gasteiger partial charge in [0.1, 0.15) is 4.47 Å². The molecule has 1 aliphatic heterocycles. The van der Waals surface area contributed by atoms with Gasteiger partial charge in [0.2, 0.25) is 0 Å². The van der Waals surface area contributed by atoms with Gasteiger partial charge in [-0.3, -0.25) is 9.89 Å². The zero-order valence-electron chi connectivity index (χ0n) is 12.1. The van der Waals surface area contributed by atoms with Gasteiger partial charge in [-0.1, -0.05) is 0 Å². The standard InChI is InChI=1S/C14H18BrN5O/c1-9-6-11(18-17-9)10-4-3-5-20(8-10)12-7-16-19(2)14(21)13(12)15/h6-7,10H,3-5,8H2,1-2H3,(H,17,18). The molecule has 0 saturated carbocycles. The summed E-state index contributed by atoms with van der Waals surface area (Å²) >= 11 is 3.41. The fourth-order valence-electron chi connectivity index (χ4n) is 2.81. The molecule has 1 atom stereocenters. The molecule has 7 heteroatoms. The van der Waals surface area contributed by atoms with Gasteiger partial charge in [-0.05, 0) is 41.8 Å². The largest absolute Gasteiger partial charge is 0.368 e. The Hall–Kier alpha value is -1.63. The minimum atomic E-state index is -0.106. The molecule has 0 radical (unpaired) electrons. The number of aromatic nitrogens is 4. The normalized spacial score (nSPS) is 19.0. The minimum absolute atomic E-state index is 0.106. The van der Waals surface area contributed by atoms with Crippen LogP contribution in [0.3, 0.4) is 0 Å². The molecule has 0 spiro atoms. The fraction of sp³-hybridized carbons (Fsp3) is 0.500. The van der Waals surface area contributed by atoms with Crippen LogP contribution < -0.4 is 10.5 Å². The molecule has 1 aliphatic rings. The highest BCUT2D eigenvalue weighted by Crippen LogP contribution is 2.31. The molecule has 1 fully saturated rings. The van der Waals surface area contributed by atoms with Crippen LogP contribution in [0.1, 0.15) is 30.1 Å². The van der Waals surface area contributed by atoms with E-state index < -0.39 is 0 Å². The van der Waals surface area contributed by atoms with Gasteiger partial charge in [0.25, 0.3) is 5.56 Å². The summed E-state index contributed by atoms with van der Waals surface area (Å²) in [7, 11) is 1.66. The zero-order chi connectivity index (χ0) is 15.0. The van der Waals surface area contributed by atoms with Crippen LogP contribution in [0.5, 0.6) is 0 Å². The Labute approximate surface area is 131 Å². The summed E-state index contributed by atoms with van der Waals surface area (Å²) in [5.74, 6) is 0.389. The molecule has 0 aromatic carbocycles. The second-order valence-corrected chi connectivity index (χ2v) is 6.33. The Balaban J connectivity index is 1.87. The van der Waals surface area contributed by atoms with Gasteiger partial charge < -0.3 is 4.90 Å². The van der Waals surface area contributed by atoms with Crippen molar-refractivity contribution >= 4 is 21.6 Å². The maximum atomic E-state index is 12.0. The molecule has 1 saturated heterocycles. The second-order valence-electron chi connectivity index (χ2n) is 5.53. The number of hydrogen-bond acceptors (Lipinski definition) is 4. The van der Waals surface area contributed by atoms with E-state index in [1.54, 1.807) is 13.2 Å². The lowest BCUT2D eigenvalue weighted by molar-refractivity contribution is 0.498. The maximum Gasteiger partial charge on any atom is 0.282 e. The minimum Gasteiger partial charge on any atom is -0.368 e. The summed E-state index contributed by atoms with van der Waals surface area (Å²) in [5.41, 5.74) is 2.95. The van der Waals surface area contributed by atoms with E-state index in [2.05, 4.69) is 42.2 Å². The molecular weight excluding hydrogens is 334 g/mol. The number of hydrogen-bond donors (Lipinski definition) is 1. The van der Waals surface area contributed by atoms with Gasteiger partial charge in [0, 0.05) is 31.7 Å². The molecule has 0 amide bonds. The summed E-state index contributed by atoms with van der Waals surface area (Å²) in [5, 5.41) is 11.5. The fourth-order valence-corrected chi connectivity index (χ4v) is 3.42. The third-order valence-corrected chi connectivity index (χ3v) is 4.71. The van der Waals surface area contributed by atoms with Crippen molar-refractivity contribution < 1.29 is 0 Å². The Morgan fingerprint density at radius 2 is 2.29 bits per heavy atom. The molecular formula is C14H18BrN5O. The number of H-pyrrole nitrogens is 1. The quantitative estimate of drug-likeness (QED) is 0.897. The third kappa shape index (κ3) is 2.74. The van der Waals surface area contributed by atoms with Crippen LogP contribution in [-0.4, -0.2) is 33.1 Å². The van der Waals surface area contributed by atoms with Crippen molar-refractivity contribution in [1.29, 1.82) is 0 Å². The number of nitrogens with one attached hydrogen (secondary N) is 1. The van der Waals surface area contributed by atoms with Crippen molar-refractivity contribution in [2.45, 2.75) is 25.7 Å². The first-order valence-electron chi connectivity index (χ1n) is 7.05. The number of aryl methyl sites for hydroxylation is 2. The number of rotatable bonds is 2. The molecule has 6 nitrogen and oxygen atoms in total. The highest BCUT2D eigenvalue weighted by atomic mass is 79.9. The molecule has 1 unspecified atom stereocenters. The van der Waals surface area contributed by atoms with Crippen LogP contribution >= 0.6 is 15.9 Å². The average Bonchev–Trinajstić information content (AvgIpc) is 2.92. The van der Waals surface area contributed by atoms with Crippen molar-refractivity contribution in [3.05, 3.63) is 38.5 Å². The topological polar surface area (TPSA) is 66.8 Å². The van der Waals surface area contributed by atoms with Crippen molar-refractivity contribution in [3.8, 4) is 0 Å². The van der Waals surface area contributed by atoms with E-state index in [4.69, 9.17) is 0 Å². The van der Waals surface area contributed by atoms with Crippen LogP contribution in [0.2, 0.25) is 0 Å². The van der Waals surface area contributed by atoms with E-state index in [0.29, 0.717) is 10.4 Å². The van der Waals surface area contributed by atoms with Crippen LogP contribution in [0, 0.1) is 6.92 Å². The molecule has 2 aromatic rings. The van der Waals surface area contributed by atoms with Crippen molar-refractivity contribution in [2.24, 2.45) is 7.05 Å². The lowest BCUT2D eigenvalue weighted by atomic mass is 9.94. The monoisotopic (exact) mass is 351 g/mol. The van der Waals surface area contributed by atoms with Gasteiger partial charge in [-0.25, -0.2) is 4.68 Å². The summed E-state index contributed by atoms with van der Waals surface area (Å²) in [6, 6.07) is 2.10. The summed E-state index contributed by atoms with van der Waals surface area (Å²) < 4.78 is 1.92. The Morgan fingerprint density at radius 1 is 1.48 bits per heavy atom. The van der Waals surface area contributed by atoms with Gasteiger partial charge in [-0.2, -0.15) is 10.2 Å². The third-order valence-electron chi connectivity index (χ3n) is 3.97. The highest BCUT2D eigenvalue weighted by molar-refractivity contribution is 9.10. The number of piperidine rings is 1. The first kappa shape index (κ1) is 14.3. The highest BCUT2D eigenvalue weighted by Gasteiger charge is 2.25. The molecule has 1 N–H and O–H groups in total. The number of nitrogens with zero attached hydrogens (tertiary/aromatic N) is 4. The molecule has 0 aliphatic carbocycles. The van der Waals surface area contributed by atoms with Crippen LogP contribution in [0.4, 0.5) is 5.69 Å². The molecule has 112 valence electrons. The lowest BCUT2D eigenvalue weighted by Crippen LogP contribution is -2.36. The van der Waals surface area contributed by atoms with E-state index in [1.165, 1.54) is 4.68 Å². The van der Waals surface area contributed by atoms with Crippen LogP contribution in [-0.2, 0) is 7.05 Å². The van der Waals surface area contributed by atoms with E-state index in [-0.39, 0.29) is 5.56 Å². The van der Waals surface area contributed by atoms with Crippen molar-refractivity contribution in [3.63, 3.8) is 0 Å². The predicted molar refractivity (Wildman–Crippen MR) is 84.7 cm³/mol. The molecule has 2 aromatic heterocycles. The summed E-state index contributed by atoms with van der Waals surface area (Å²) in [6.07, 6.45) is 3.96. The van der Waals surface area contributed by atoms with E-state index in [9.17, 15) is 4.79 Å². The Morgan fingerprint density at radius 3 is 3.00 bits per heavy atom. The van der Waals surface area contributed by atoms with Gasteiger partial charge >= 0.3 is 0 Å². The van der Waals surface area contributed by atoms with Crippen molar-refractivity contribution in [2.75, 3.05) is 18.0 Å². The predicted octanol–water partition coefficient (Wildman–Crippen LogP) is 1.96. The molecule has 21 heavy (non-hydrogen) atoms. The van der Waals surface area contributed by atoms with Gasteiger partial charge in [-0.15, -0.1) is 0 Å². The van der Waals surface area contributed by atoms with Crippen molar-refractivity contribution in [1.82, 2.24) is 20.0 Å². The lowest BCUT2D eigenvalue weighted by Gasteiger charge is -2.33. The van der Waals surface area contributed by atoms with E-state index in [0.717, 1.165) is 43.0 Å². The van der Waals surface area contributed by atoms with Gasteiger partial charge in [0.05, 0.1) is 17.6 Å². The second kappa shape index (κ2) is 5.63. The Bertz CT molecular complexity index is 708. The molecule has 3 heterocycles. The number of aromatic amines is 1. The summed E-state index contributed by atoms with van der Waals surface area (Å²) in [6.45, 7) is 3.81. The number of halogens is 1. The smallest absolute Gasteiger partial charge is 0.282 e. The average molecular weight is 352 g/mol. The van der Waals surface area contributed by atoms with E-state index >= 15 is 0 Å². The Kier molecular flexibility index (Phi) is 3.84. The first-order chi connectivity index (χ1) is 10.1. The number of anilines is 1. The van der Waals surface area contributed by atoms with E-state index in [1.807, 2.05) is 6.92 Å². The first-order valence-corrected chi connectivity index (χ1v) is 7.84. The maximum absolute atomic E-state index is 12.0. The van der Waals surface area contributed by atoms with Gasteiger partial charge in [0.15, 0.2) is 0 Å². The van der Waals surface area contributed by atoms with Crippen LogP contribution in [0.25, 0.3) is 0 Å². The summed E-state index contributed by atoms with van der Waals surface area (Å²) in [4.78, 5) is 14.2.